The van der Waals surface area contributed by atoms with Crippen molar-refractivity contribution in [3.63, 3.8) is 0 Å². The number of hydrogen-bond acceptors (Lipinski definition) is 7. The minimum Gasteiger partial charge on any atom is -0.486 e. The molecule has 11 heteroatoms. The fourth-order valence-corrected chi connectivity index (χ4v) is 4.96. The maximum Gasteiger partial charge on any atom is 0.338 e. The molecule has 0 unspecified atom stereocenters. The van der Waals surface area contributed by atoms with E-state index in [1.54, 1.807) is 19.1 Å². The fraction of sp³-hybridized carbons (Fsp3) is 0.200. The number of benzene rings is 3. The second-order valence-corrected chi connectivity index (χ2v) is 9.51. The van der Waals surface area contributed by atoms with Crippen LogP contribution in [0.4, 0.5) is 15.8 Å². The molecule has 1 aliphatic heterocycles. The molecule has 0 spiro atoms. The molecule has 0 bridgehead atoms. The first-order chi connectivity index (χ1) is 17.3. The highest BCUT2D eigenvalue weighted by atomic mass is 32.2. The molecule has 9 nitrogen and oxygen atoms in total. The van der Waals surface area contributed by atoms with Crippen molar-refractivity contribution < 1.29 is 36.6 Å². The Kier molecular flexibility index (Phi) is 7.39. The Morgan fingerprint density at radius 1 is 1.00 bits per heavy atom. The van der Waals surface area contributed by atoms with Crippen molar-refractivity contribution in [2.75, 3.05) is 36.0 Å². The van der Waals surface area contributed by atoms with Crippen LogP contribution in [-0.2, 0) is 19.6 Å². The first-order valence-electron chi connectivity index (χ1n) is 11.0. The van der Waals surface area contributed by atoms with Gasteiger partial charge in [0.1, 0.15) is 25.6 Å². The Balaban J connectivity index is 1.63. The van der Waals surface area contributed by atoms with Gasteiger partial charge in [0.05, 0.1) is 22.8 Å². The molecule has 0 fully saturated rings. The third kappa shape index (κ3) is 5.57. The van der Waals surface area contributed by atoms with Crippen molar-refractivity contribution in [3.05, 3.63) is 78.1 Å². The molecule has 0 aromatic heterocycles. The standard InChI is InChI=1S/C25H23FN2O7S/c1-2-33-25(30)17-5-3-7-19(13-17)27-24(29)16-28(20-8-4-6-18(26)14-20)36(31,32)21-9-10-22-23(15-21)35-12-11-34-22/h3-10,13-15H,2,11-12,16H2,1H3,(H,27,29). The van der Waals surface area contributed by atoms with Crippen LogP contribution in [0.1, 0.15) is 17.3 Å². The summed E-state index contributed by atoms with van der Waals surface area (Å²) >= 11 is 0. The molecule has 0 radical (unpaired) electrons. The van der Waals surface area contributed by atoms with Gasteiger partial charge < -0.3 is 19.5 Å². The molecule has 0 aliphatic carbocycles. The zero-order valence-electron chi connectivity index (χ0n) is 19.3. The molecule has 1 amide bonds. The third-order valence-corrected chi connectivity index (χ3v) is 6.91. The van der Waals surface area contributed by atoms with Gasteiger partial charge in [-0.2, -0.15) is 0 Å². The molecule has 1 heterocycles. The van der Waals surface area contributed by atoms with Crippen molar-refractivity contribution in [1.29, 1.82) is 0 Å². The van der Waals surface area contributed by atoms with Crippen LogP contribution < -0.4 is 19.1 Å². The number of sulfonamides is 1. The third-order valence-electron chi connectivity index (χ3n) is 5.14. The maximum atomic E-state index is 14.0. The first-order valence-corrected chi connectivity index (χ1v) is 12.5. The highest BCUT2D eigenvalue weighted by molar-refractivity contribution is 7.92. The van der Waals surface area contributed by atoms with Crippen molar-refractivity contribution in [2.45, 2.75) is 11.8 Å². The smallest absolute Gasteiger partial charge is 0.338 e. The highest BCUT2D eigenvalue weighted by Gasteiger charge is 2.29. The van der Waals surface area contributed by atoms with E-state index in [1.165, 1.54) is 48.5 Å². The van der Waals surface area contributed by atoms with Crippen molar-refractivity contribution in [2.24, 2.45) is 0 Å². The summed E-state index contributed by atoms with van der Waals surface area (Å²) in [6.07, 6.45) is 0. The van der Waals surface area contributed by atoms with Crippen LogP contribution in [0.25, 0.3) is 0 Å². The number of esters is 1. The van der Waals surface area contributed by atoms with Crippen LogP contribution in [0, 0.1) is 5.82 Å². The van der Waals surface area contributed by atoms with E-state index >= 15 is 0 Å². The Bertz CT molecular complexity index is 1390. The molecule has 0 atom stereocenters. The van der Waals surface area contributed by atoms with E-state index in [4.69, 9.17) is 14.2 Å². The van der Waals surface area contributed by atoms with Crippen LogP contribution >= 0.6 is 0 Å². The van der Waals surface area contributed by atoms with E-state index in [0.717, 1.165) is 10.4 Å². The number of fused-ring (bicyclic) bond motifs is 1. The van der Waals surface area contributed by atoms with Gasteiger partial charge in [0.2, 0.25) is 5.91 Å². The predicted molar refractivity (Wildman–Crippen MR) is 129 cm³/mol. The molecule has 188 valence electrons. The van der Waals surface area contributed by atoms with Gasteiger partial charge >= 0.3 is 5.97 Å². The number of nitrogens with zero attached hydrogens (tertiary/aromatic N) is 1. The second kappa shape index (κ2) is 10.6. The number of rotatable bonds is 8. The van der Waals surface area contributed by atoms with Gasteiger partial charge in [0.15, 0.2) is 11.5 Å². The number of carbonyl (C=O) groups is 2. The number of ether oxygens (including phenoxy) is 3. The predicted octanol–water partition coefficient (Wildman–Crippen LogP) is 3.61. The lowest BCUT2D eigenvalue weighted by atomic mass is 10.2. The topological polar surface area (TPSA) is 111 Å². The van der Waals surface area contributed by atoms with E-state index in [1.807, 2.05) is 0 Å². The average molecular weight is 515 g/mol. The van der Waals surface area contributed by atoms with Gasteiger partial charge in [-0.3, -0.25) is 9.10 Å². The Hall–Kier alpha value is -4.12. The molecule has 1 N–H and O–H groups in total. The number of halogens is 1. The summed E-state index contributed by atoms with van der Waals surface area (Å²) in [5.41, 5.74) is 0.447. The molecule has 0 saturated heterocycles. The highest BCUT2D eigenvalue weighted by Crippen LogP contribution is 2.34. The summed E-state index contributed by atoms with van der Waals surface area (Å²) in [6.45, 7) is 1.80. The molecule has 3 aromatic rings. The number of anilines is 2. The Labute approximate surface area is 207 Å². The van der Waals surface area contributed by atoms with Crippen LogP contribution in [0.2, 0.25) is 0 Å². The zero-order valence-corrected chi connectivity index (χ0v) is 20.1. The molecular weight excluding hydrogens is 491 g/mol. The molecular formula is C25H23FN2O7S. The summed E-state index contributed by atoms with van der Waals surface area (Å²) in [6, 6.07) is 15.0. The number of nitrogens with one attached hydrogen (secondary N) is 1. The van der Waals surface area contributed by atoms with Crippen molar-refractivity contribution in [1.82, 2.24) is 0 Å². The van der Waals surface area contributed by atoms with E-state index in [9.17, 15) is 22.4 Å². The summed E-state index contributed by atoms with van der Waals surface area (Å²) < 4.78 is 57.9. The molecule has 1 aliphatic rings. The molecule has 3 aromatic carbocycles. The average Bonchev–Trinajstić information content (AvgIpc) is 2.87. The van der Waals surface area contributed by atoms with E-state index in [-0.39, 0.29) is 40.8 Å². The maximum absolute atomic E-state index is 14.0. The minimum absolute atomic E-state index is 0.0414. The Morgan fingerprint density at radius 3 is 2.50 bits per heavy atom. The molecule has 36 heavy (non-hydrogen) atoms. The number of carbonyl (C=O) groups excluding carboxylic acids is 2. The quantitative estimate of drug-likeness (QED) is 0.457. The first kappa shape index (κ1) is 25.0. The monoisotopic (exact) mass is 514 g/mol. The fourth-order valence-electron chi connectivity index (χ4n) is 3.53. The SMILES string of the molecule is CCOC(=O)c1cccc(NC(=O)CN(c2cccc(F)c2)S(=O)(=O)c2ccc3c(c2)OCCO3)c1. The largest absolute Gasteiger partial charge is 0.486 e. The van der Waals surface area contributed by atoms with Crippen LogP contribution in [-0.4, -0.2) is 46.7 Å². The van der Waals surface area contributed by atoms with Gasteiger partial charge in [-0.25, -0.2) is 17.6 Å². The zero-order chi connectivity index (χ0) is 25.7. The van der Waals surface area contributed by atoms with Crippen molar-refractivity contribution in [3.8, 4) is 11.5 Å². The summed E-state index contributed by atoms with van der Waals surface area (Å²) in [4.78, 5) is 24.8. The molecule has 0 saturated carbocycles. The van der Waals surface area contributed by atoms with Crippen LogP contribution in [0.15, 0.2) is 71.6 Å². The lowest BCUT2D eigenvalue weighted by Gasteiger charge is -2.25. The van der Waals surface area contributed by atoms with Gasteiger partial charge in [0.25, 0.3) is 10.0 Å². The summed E-state index contributed by atoms with van der Waals surface area (Å²) in [5, 5.41) is 2.58. The van der Waals surface area contributed by atoms with Crippen LogP contribution in [0.3, 0.4) is 0 Å². The van der Waals surface area contributed by atoms with Gasteiger partial charge in [-0.15, -0.1) is 0 Å². The van der Waals surface area contributed by atoms with E-state index < -0.39 is 34.3 Å². The number of amides is 1. The van der Waals surface area contributed by atoms with Gasteiger partial charge in [0, 0.05) is 11.8 Å². The summed E-state index contributed by atoms with van der Waals surface area (Å²) in [5.74, 6) is -1.28. The second-order valence-electron chi connectivity index (χ2n) is 7.65. The lowest BCUT2D eigenvalue weighted by molar-refractivity contribution is -0.114. The van der Waals surface area contributed by atoms with E-state index in [2.05, 4.69) is 5.32 Å². The normalized spacial score (nSPS) is 12.5. The Morgan fingerprint density at radius 2 is 1.75 bits per heavy atom. The van der Waals surface area contributed by atoms with Crippen LogP contribution in [0.5, 0.6) is 11.5 Å². The van der Waals surface area contributed by atoms with Gasteiger partial charge in [-0.05, 0) is 55.5 Å². The lowest BCUT2D eigenvalue weighted by Crippen LogP contribution is -2.38. The minimum atomic E-state index is -4.32. The number of hydrogen-bond donors (Lipinski definition) is 1. The van der Waals surface area contributed by atoms with Crippen molar-refractivity contribution >= 4 is 33.3 Å². The summed E-state index contributed by atoms with van der Waals surface area (Å²) in [7, 11) is -4.32. The van der Waals surface area contributed by atoms with Gasteiger partial charge in [-0.1, -0.05) is 12.1 Å². The molecule has 4 rings (SSSR count). The van der Waals surface area contributed by atoms with E-state index in [0.29, 0.717) is 12.4 Å².